The fourth-order valence-electron chi connectivity index (χ4n) is 0.936. The van der Waals surface area contributed by atoms with Crippen LogP contribution in [0.25, 0.3) is 0 Å². The summed E-state index contributed by atoms with van der Waals surface area (Å²) in [6.07, 6.45) is 15.2. The van der Waals surface area contributed by atoms with E-state index in [1.54, 1.807) is 6.08 Å². The average molecular weight is 171 g/mol. The van der Waals surface area contributed by atoms with Crippen LogP contribution in [0.1, 0.15) is 0 Å². The van der Waals surface area contributed by atoms with Crippen LogP contribution in [0.4, 0.5) is 0 Å². The van der Waals surface area contributed by atoms with Crippen molar-refractivity contribution in [3.05, 3.63) is 73.2 Å². The summed E-state index contributed by atoms with van der Waals surface area (Å²) in [4.78, 5) is 0. The van der Waals surface area contributed by atoms with Crippen molar-refractivity contribution in [2.75, 3.05) is 0 Å². The molecule has 1 heteroatoms. The van der Waals surface area contributed by atoms with E-state index in [1.807, 2.05) is 42.8 Å². The zero-order valence-corrected chi connectivity index (χ0v) is 7.53. The van der Waals surface area contributed by atoms with Gasteiger partial charge in [0.25, 0.3) is 0 Å². The van der Waals surface area contributed by atoms with E-state index in [9.17, 15) is 0 Å². The first-order valence-corrected chi connectivity index (χ1v) is 4.12. The number of allylic oxidation sites excluding steroid dienone is 8. The van der Waals surface area contributed by atoms with Crippen molar-refractivity contribution in [1.29, 1.82) is 0 Å². The van der Waals surface area contributed by atoms with Crippen molar-refractivity contribution >= 4 is 0 Å². The van der Waals surface area contributed by atoms with Gasteiger partial charge in [-0.2, -0.15) is 0 Å². The van der Waals surface area contributed by atoms with Crippen molar-refractivity contribution in [3.63, 3.8) is 0 Å². The van der Waals surface area contributed by atoms with Crippen LogP contribution in [0.3, 0.4) is 0 Å². The molecule has 1 nitrogen and oxygen atoms in total. The van der Waals surface area contributed by atoms with Crippen LogP contribution in [0.2, 0.25) is 0 Å². The summed E-state index contributed by atoms with van der Waals surface area (Å²) in [6, 6.07) is 0. The first-order valence-electron chi connectivity index (χ1n) is 4.12. The van der Waals surface area contributed by atoms with Gasteiger partial charge < -0.3 is 5.32 Å². The second kappa shape index (κ2) is 4.99. The molecule has 1 heterocycles. The second-order valence-electron chi connectivity index (χ2n) is 2.60. The molecule has 1 N–H and O–H groups in total. The number of hydrogen-bond donors (Lipinski definition) is 1. The van der Waals surface area contributed by atoms with E-state index in [0.29, 0.717) is 0 Å². The molecule has 0 unspecified atom stereocenters. The van der Waals surface area contributed by atoms with Gasteiger partial charge in [-0.3, -0.25) is 0 Å². The molecule has 1 rings (SSSR count). The molecule has 0 aromatic rings. The van der Waals surface area contributed by atoms with Crippen LogP contribution in [0.5, 0.6) is 0 Å². The Morgan fingerprint density at radius 1 is 1.31 bits per heavy atom. The molecule has 1 aliphatic heterocycles. The Morgan fingerprint density at radius 2 is 2.15 bits per heavy atom. The quantitative estimate of drug-likeness (QED) is 0.630. The fourth-order valence-corrected chi connectivity index (χ4v) is 0.936. The molecule has 0 fully saturated rings. The molecule has 0 saturated heterocycles. The zero-order chi connectivity index (χ0) is 9.52. The Bertz CT molecular complexity index is 314. The van der Waals surface area contributed by atoms with E-state index >= 15 is 0 Å². The molecular weight excluding hydrogens is 158 g/mol. The van der Waals surface area contributed by atoms with E-state index in [4.69, 9.17) is 0 Å². The molecule has 0 bridgehead atoms. The SMILES string of the molecule is C=C/C=C\C1=C\N/C=C\C=C/C1=C. The van der Waals surface area contributed by atoms with Gasteiger partial charge >= 0.3 is 0 Å². The average Bonchev–Trinajstić information content (AvgIpc) is 2.11. The summed E-state index contributed by atoms with van der Waals surface area (Å²) < 4.78 is 0. The van der Waals surface area contributed by atoms with Gasteiger partial charge in [-0.1, -0.05) is 43.5 Å². The third kappa shape index (κ3) is 2.99. The lowest BCUT2D eigenvalue weighted by Gasteiger charge is -2.03. The summed E-state index contributed by atoms with van der Waals surface area (Å²) in [7, 11) is 0. The van der Waals surface area contributed by atoms with Gasteiger partial charge in [-0.15, -0.1) is 0 Å². The van der Waals surface area contributed by atoms with Crippen molar-refractivity contribution in [2.45, 2.75) is 0 Å². The third-order valence-electron chi connectivity index (χ3n) is 1.62. The summed E-state index contributed by atoms with van der Waals surface area (Å²) in [6.45, 7) is 7.55. The Hall–Kier alpha value is -1.76. The summed E-state index contributed by atoms with van der Waals surface area (Å²) in [5.74, 6) is 0. The van der Waals surface area contributed by atoms with Crippen LogP contribution in [0.15, 0.2) is 73.2 Å². The predicted octanol–water partition coefficient (Wildman–Crippen LogP) is 2.84. The van der Waals surface area contributed by atoms with Crippen molar-refractivity contribution < 1.29 is 0 Å². The highest BCUT2D eigenvalue weighted by Gasteiger charge is 1.94. The molecule has 0 radical (unpaired) electrons. The largest absolute Gasteiger partial charge is 0.367 e. The van der Waals surface area contributed by atoms with Gasteiger partial charge in [0.1, 0.15) is 0 Å². The lowest BCUT2D eigenvalue weighted by atomic mass is 10.1. The second-order valence-corrected chi connectivity index (χ2v) is 2.60. The highest BCUT2D eigenvalue weighted by molar-refractivity contribution is 5.46. The van der Waals surface area contributed by atoms with Gasteiger partial charge in [-0.05, 0) is 17.2 Å². The maximum atomic E-state index is 3.94. The molecule has 0 aromatic carbocycles. The number of hydrogen-bond acceptors (Lipinski definition) is 1. The van der Waals surface area contributed by atoms with E-state index < -0.39 is 0 Å². The molecule has 0 saturated carbocycles. The molecule has 66 valence electrons. The van der Waals surface area contributed by atoms with Gasteiger partial charge in [0.2, 0.25) is 0 Å². The molecule has 0 atom stereocenters. The maximum Gasteiger partial charge on any atom is 0.00833 e. The van der Waals surface area contributed by atoms with Gasteiger partial charge in [-0.25, -0.2) is 0 Å². The van der Waals surface area contributed by atoms with E-state index in [2.05, 4.69) is 18.5 Å². The highest BCUT2D eigenvalue weighted by Crippen LogP contribution is 2.11. The number of nitrogens with one attached hydrogen (secondary N) is 1. The van der Waals surface area contributed by atoms with E-state index in [0.717, 1.165) is 11.1 Å². The summed E-state index contributed by atoms with van der Waals surface area (Å²) in [5, 5.41) is 3.04. The number of rotatable bonds is 2. The van der Waals surface area contributed by atoms with Gasteiger partial charge in [0, 0.05) is 12.4 Å². The van der Waals surface area contributed by atoms with Crippen molar-refractivity contribution in [1.82, 2.24) is 5.32 Å². The maximum absolute atomic E-state index is 3.94. The fraction of sp³-hybridized carbons (Fsp3) is 0. The standard InChI is InChI=1S/C12H13N/c1-3-4-8-12-10-13-9-6-5-7-11(12)2/h3-10,13H,1-2H2/b7-5-,8-4-,9-6-,12-10-. The van der Waals surface area contributed by atoms with Crippen molar-refractivity contribution in [2.24, 2.45) is 0 Å². The minimum atomic E-state index is 0.981. The molecular formula is C12H13N. The molecule has 0 amide bonds. The highest BCUT2D eigenvalue weighted by atomic mass is 14.8. The van der Waals surface area contributed by atoms with Gasteiger partial charge in [0.15, 0.2) is 0 Å². The van der Waals surface area contributed by atoms with Crippen molar-refractivity contribution in [3.8, 4) is 0 Å². The lowest BCUT2D eigenvalue weighted by Crippen LogP contribution is -1.97. The molecule has 0 aliphatic carbocycles. The van der Waals surface area contributed by atoms with Crippen LogP contribution < -0.4 is 5.32 Å². The first kappa shape index (κ1) is 9.33. The Balaban J connectivity index is 2.86. The minimum absolute atomic E-state index is 0.981. The Kier molecular flexibility index (Phi) is 3.58. The topological polar surface area (TPSA) is 12.0 Å². The summed E-state index contributed by atoms with van der Waals surface area (Å²) >= 11 is 0. The Labute approximate surface area is 79.2 Å². The predicted molar refractivity (Wildman–Crippen MR) is 58.0 cm³/mol. The zero-order valence-electron chi connectivity index (χ0n) is 7.53. The lowest BCUT2D eigenvalue weighted by molar-refractivity contribution is 1.17. The molecule has 1 aliphatic rings. The van der Waals surface area contributed by atoms with E-state index in [-0.39, 0.29) is 0 Å². The summed E-state index contributed by atoms with van der Waals surface area (Å²) in [5.41, 5.74) is 2.04. The van der Waals surface area contributed by atoms with E-state index in [1.165, 1.54) is 0 Å². The first-order chi connectivity index (χ1) is 6.34. The van der Waals surface area contributed by atoms with Crippen LogP contribution in [-0.4, -0.2) is 0 Å². The normalized spacial score (nSPS) is 25.2. The van der Waals surface area contributed by atoms with Crippen LogP contribution in [0, 0.1) is 0 Å². The van der Waals surface area contributed by atoms with Crippen LogP contribution in [-0.2, 0) is 0 Å². The molecule has 0 spiro atoms. The molecule has 13 heavy (non-hydrogen) atoms. The minimum Gasteiger partial charge on any atom is -0.367 e. The third-order valence-corrected chi connectivity index (χ3v) is 1.62. The van der Waals surface area contributed by atoms with Crippen LogP contribution >= 0.6 is 0 Å². The molecule has 0 aromatic heterocycles. The monoisotopic (exact) mass is 171 g/mol. The Morgan fingerprint density at radius 3 is 2.92 bits per heavy atom. The van der Waals surface area contributed by atoms with Gasteiger partial charge in [0.05, 0.1) is 0 Å². The smallest absolute Gasteiger partial charge is 0.00833 e.